The molecule has 1 heterocycles. The Bertz CT molecular complexity index is 645. The third-order valence-corrected chi connectivity index (χ3v) is 3.13. The lowest BCUT2D eigenvalue weighted by Gasteiger charge is -2.19. The molecule has 0 bridgehead atoms. The Morgan fingerprint density at radius 3 is 2.45 bits per heavy atom. The van der Waals surface area contributed by atoms with Crippen LogP contribution in [0.3, 0.4) is 0 Å². The van der Waals surface area contributed by atoms with E-state index in [2.05, 4.69) is 4.98 Å². The van der Waals surface area contributed by atoms with E-state index in [4.69, 9.17) is 16.7 Å². The van der Waals surface area contributed by atoms with Crippen molar-refractivity contribution in [3.63, 3.8) is 0 Å². The van der Waals surface area contributed by atoms with Gasteiger partial charge in [-0.3, -0.25) is 4.98 Å². The summed E-state index contributed by atoms with van der Waals surface area (Å²) in [5, 5.41) is 19.7. The molecule has 1 aromatic carbocycles. The molecular formula is C15H14ClNO3. The van der Waals surface area contributed by atoms with Gasteiger partial charge in [0.25, 0.3) is 0 Å². The third kappa shape index (κ3) is 3.15. The molecular weight excluding hydrogens is 278 g/mol. The van der Waals surface area contributed by atoms with Crippen LogP contribution in [-0.2, 0) is 5.60 Å². The summed E-state index contributed by atoms with van der Waals surface area (Å²) in [7, 11) is 0. The number of hydrogen-bond acceptors (Lipinski definition) is 3. The molecule has 2 N–H and O–H groups in total. The zero-order valence-electron chi connectivity index (χ0n) is 11.1. The first kappa shape index (κ1) is 14.5. The van der Waals surface area contributed by atoms with Crippen molar-refractivity contribution in [2.24, 2.45) is 0 Å². The third-order valence-electron chi connectivity index (χ3n) is 2.91. The molecule has 0 unspecified atom stereocenters. The first-order chi connectivity index (χ1) is 9.27. The fourth-order valence-corrected chi connectivity index (χ4v) is 1.91. The minimum absolute atomic E-state index is 0.108. The molecule has 0 amide bonds. The predicted octanol–water partition coefficient (Wildman–Crippen LogP) is 3.33. The highest BCUT2D eigenvalue weighted by atomic mass is 35.5. The van der Waals surface area contributed by atoms with E-state index in [-0.39, 0.29) is 5.56 Å². The summed E-state index contributed by atoms with van der Waals surface area (Å²) in [5.74, 6) is -1.05. The lowest BCUT2D eigenvalue weighted by Crippen LogP contribution is -2.16. The number of nitrogens with zero attached hydrogens (tertiary/aromatic N) is 1. The topological polar surface area (TPSA) is 70.4 Å². The highest BCUT2D eigenvalue weighted by Crippen LogP contribution is 2.27. The summed E-state index contributed by atoms with van der Waals surface area (Å²) in [6.07, 6.45) is 1.49. The average molecular weight is 292 g/mol. The molecule has 5 heteroatoms. The van der Waals surface area contributed by atoms with Crippen LogP contribution in [-0.4, -0.2) is 21.2 Å². The second-order valence-electron chi connectivity index (χ2n) is 5.02. The maximum Gasteiger partial charge on any atom is 0.335 e. The summed E-state index contributed by atoms with van der Waals surface area (Å²) in [6, 6.07) is 8.09. The molecule has 0 aliphatic heterocycles. The number of pyridine rings is 1. The van der Waals surface area contributed by atoms with Gasteiger partial charge in [-0.25, -0.2) is 4.79 Å². The molecule has 0 aliphatic carbocycles. The maximum atomic E-state index is 11.2. The van der Waals surface area contributed by atoms with Gasteiger partial charge in [-0.2, -0.15) is 0 Å². The summed E-state index contributed by atoms with van der Waals surface area (Å²) in [4.78, 5) is 15.4. The number of carbonyl (C=O) groups is 1. The molecule has 104 valence electrons. The summed E-state index contributed by atoms with van der Waals surface area (Å²) < 4.78 is 0. The molecule has 0 saturated carbocycles. The van der Waals surface area contributed by atoms with Crippen molar-refractivity contribution in [3.05, 3.63) is 52.7 Å². The van der Waals surface area contributed by atoms with Crippen LogP contribution in [0.2, 0.25) is 5.02 Å². The van der Waals surface area contributed by atoms with Crippen LogP contribution in [0.25, 0.3) is 11.3 Å². The molecule has 0 radical (unpaired) electrons. The standard InChI is InChI=1S/C15H14ClNO3/c1-15(2,20)11-6-9(5-10(7-11)14(18)19)13-4-3-12(16)8-17-13/h3-8,20H,1-2H3,(H,18,19). The van der Waals surface area contributed by atoms with E-state index in [0.29, 0.717) is 21.8 Å². The number of halogens is 1. The largest absolute Gasteiger partial charge is 0.478 e. The fourth-order valence-electron chi connectivity index (χ4n) is 1.80. The molecule has 0 atom stereocenters. The van der Waals surface area contributed by atoms with E-state index in [1.165, 1.54) is 18.3 Å². The molecule has 0 spiro atoms. The van der Waals surface area contributed by atoms with Crippen LogP contribution in [0.1, 0.15) is 29.8 Å². The van der Waals surface area contributed by atoms with Crippen LogP contribution in [0.4, 0.5) is 0 Å². The fraction of sp³-hybridized carbons (Fsp3) is 0.200. The highest BCUT2D eigenvalue weighted by molar-refractivity contribution is 6.30. The lowest BCUT2D eigenvalue weighted by molar-refractivity contribution is 0.0693. The molecule has 1 aromatic heterocycles. The van der Waals surface area contributed by atoms with E-state index < -0.39 is 11.6 Å². The normalized spacial score (nSPS) is 11.4. The van der Waals surface area contributed by atoms with Gasteiger partial charge in [0.05, 0.1) is 21.9 Å². The Balaban J connectivity index is 2.60. The first-order valence-electron chi connectivity index (χ1n) is 6.00. The van der Waals surface area contributed by atoms with Crippen molar-refractivity contribution in [1.29, 1.82) is 0 Å². The zero-order valence-corrected chi connectivity index (χ0v) is 11.8. The Kier molecular flexibility index (Phi) is 3.79. The van der Waals surface area contributed by atoms with E-state index >= 15 is 0 Å². The summed E-state index contributed by atoms with van der Waals surface area (Å²) >= 11 is 5.79. The second-order valence-corrected chi connectivity index (χ2v) is 5.46. The van der Waals surface area contributed by atoms with Crippen molar-refractivity contribution in [2.75, 3.05) is 0 Å². The van der Waals surface area contributed by atoms with Gasteiger partial charge in [-0.15, -0.1) is 0 Å². The average Bonchev–Trinajstić information content (AvgIpc) is 2.38. The first-order valence-corrected chi connectivity index (χ1v) is 6.38. The van der Waals surface area contributed by atoms with Crippen molar-refractivity contribution in [2.45, 2.75) is 19.4 Å². The number of benzene rings is 1. The molecule has 2 rings (SSSR count). The van der Waals surface area contributed by atoms with Crippen molar-refractivity contribution in [3.8, 4) is 11.3 Å². The monoisotopic (exact) mass is 291 g/mol. The number of carboxylic acids is 1. The number of rotatable bonds is 3. The molecule has 0 fully saturated rings. The lowest BCUT2D eigenvalue weighted by atomic mass is 9.93. The molecule has 0 aliphatic rings. The number of aromatic nitrogens is 1. The summed E-state index contributed by atoms with van der Waals surface area (Å²) in [5.41, 5.74) is 0.717. The van der Waals surface area contributed by atoms with Gasteiger partial charge >= 0.3 is 5.97 Å². The molecule has 0 saturated heterocycles. The minimum Gasteiger partial charge on any atom is -0.478 e. The molecule has 2 aromatic rings. The number of aromatic carboxylic acids is 1. The Morgan fingerprint density at radius 2 is 1.95 bits per heavy atom. The summed E-state index contributed by atoms with van der Waals surface area (Å²) in [6.45, 7) is 3.21. The highest BCUT2D eigenvalue weighted by Gasteiger charge is 2.19. The van der Waals surface area contributed by atoms with Gasteiger partial charge in [-0.1, -0.05) is 11.6 Å². The van der Waals surface area contributed by atoms with Crippen molar-refractivity contribution in [1.82, 2.24) is 4.98 Å². The van der Waals surface area contributed by atoms with E-state index in [1.54, 1.807) is 32.0 Å². The minimum atomic E-state index is -1.13. The van der Waals surface area contributed by atoms with Crippen LogP contribution in [0.15, 0.2) is 36.5 Å². The Labute approximate surface area is 121 Å². The Morgan fingerprint density at radius 1 is 1.25 bits per heavy atom. The predicted molar refractivity (Wildman–Crippen MR) is 76.9 cm³/mol. The van der Waals surface area contributed by atoms with Crippen LogP contribution in [0, 0.1) is 0 Å². The van der Waals surface area contributed by atoms with Gasteiger partial charge in [0.2, 0.25) is 0 Å². The number of hydrogen-bond donors (Lipinski definition) is 2. The quantitative estimate of drug-likeness (QED) is 0.910. The van der Waals surface area contributed by atoms with E-state index in [0.717, 1.165) is 0 Å². The van der Waals surface area contributed by atoms with E-state index in [9.17, 15) is 9.90 Å². The van der Waals surface area contributed by atoms with Crippen molar-refractivity contribution >= 4 is 17.6 Å². The van der Waals surface area contributed by atoms with Gasteiger partial charge in [0.15, 0.2) is 0 Å². The second kappa shape index (κ2) is 5.23. The van der Waals surface area contributed by atoms with Crippen molar-refractivity contribution < 1.29 is 15.0 Å². The smallest absolute Gasteiger partial charge is 0.335 e. The van der Waals surface area contributed by atoms with Gasteiger partial charge in [0.1, 0.15) is 0 Å². The SMILES string of the molecule is CC(C)(O)c1cc(C(=O)O)cc(-c2ccc(Cl)cn2)c1. The van der Waals surface area contributed by atoms with Gasteiger partial charge < -0.3 is 10.2 Å². The molecule has 4 nitrogen and oxygen atoms in total. The van der Waals surface area contributed by atoms with Crippen LogP contribution >= 0.6 is 11.6 Å². The Hall–Kier alpha value is -1.91. The van der Waals surface area contributed by atoms with Gasteiger partial charge in [0, 0.05) is 11.8 Å². The molecule has 20 heavy (non-hydrogen) atoms. The van der Waals surface area contributed by atoms with Gasteiger partial charge in [-0.05, 0) is 49.7 Å². The zero-order chi connectivity index (χ0) is 14.9. The number of aliphatic hydroxyl groups is 1. The maximum absolute atomic E-state index is 11.2. The van der Waals surface area contributed by atoms with E-state index in [1.807, 2.05) is 0 Å². The number of carboxylic acid groups (broad SMARTS) is 1. The van der Waals surface area contributed by atoms with Crippen LogP contribution < -0.4 is 0 Å². The van der Waals surface area contributed by atoms with Crippen LogP contribution in [0.5, 0.6) is 0 Å².